The zero-order chi connectivity index (χ0) is 42.7. The molecule has 0 spiro atoms. The Hall–Kier alpha value is -7.16. The van der Waals surface area contributed by atoms with Crippen molar-refractivity contribution in [3.8, 4) is 46.0 Å². The van der Waals surface area contributed by atoms with Gasteiger partial charge < -0.3 is 47.4 Å². The largest absolute Gasteiger partial charge is 0.494 e. The lowest BCUT2D eigenvalue weighted by Gasteiger charge is -2.10. The molecular weight excluding hydrogens is 801 g/mol. The summed E-state index contributed by atoms with van der Waals surface area (Å²) in [5.41, 5.74) is 1.35. The number of carbonyl (C=O) groups excluding carboxylic acids is 4. The molecule has 8 rings (SSSR count). The van der Waals surface area contributed by atoms with Crippen LogP contribution in [-0.4, -0.2) is 75.7 Å². The first-order valence-corrected chi connectivity index (χ1v) is 20.1. The minimum atomic E-state index is -0.561. The molecule has 2 aliphatic heterocycles. The van der Waals surface area contributed by atoms with E-state index in [1.165, 1.54) is 0 Å². The van der Waals surface area contributed by atoms with E-state index in [4.69, 9.17) is 47.4 Å². The van der Waals surface area contributed by atoms with E-state index in [9.17, 15) is 19.2 Å². The fraction of sp³-hybridized carbons (Fsp3) is 0.250. The number of rotatable bonds is 21. The number of esters is 4. The minimum Gasteiger partial charge on any atom is -0.494 e. The van der Waals surface area contributed by atoms with Gasteiger partial charge in [-0.25, -0.2) is 19.2 Å². The van der Waals surface area contributed by atoms with Gasteiger partial charge in [-0.1, -0.05) is 24.3 Å². The Morgan fingerprint density at radius 2 is 0.629 bits per heavy atom. The molecule has 62 heavy (non-hydrogen) atoms. The van der Waals surface area contributed by atoms with Crippen LogP contribution in [0.15, 0.2) is 144 Å². The molecule has 4 aliphatic rings. The maximum absolute atomic E-state index is 12.8. The Bertz CT molecular complexity index is 2200. The fourth-order valence-corrected chi connectivity index (χ4v) is 6.01. The summed E-state index contributed by atoms with van der Waals surface area (Å²) in [6.07, 6.45) is 8.16. The molecule has 2 aliphatic carbocycles. The fourth-order valence-electron chi connectivity index (χ4n) is 6.01. The average Bonchev–Trinajstić information content (AvgIpc) is 4.20. The van der Waals surface area contributed by atoms with Crippen molar-refractivity contribution in [2.45, 2.75) is 37.9 Å². The number of epoxide rings is 2. The van der Waals surface area contributed by atoms with Gasteiger partial charge in [0, 0.05) is 35.1 Å². The predicted octanol–water partition coefficient (Wildman–Crippen LogP) is 7.01. The molecule has 2 saturated heterocycles. The third-order valence-corrected chi connectivity index (χ3v) is 9.67. The van der Waals surface area contributed by atoms with Crippen LogP contribution in [-0.2, 0) is 28.7 Å². The molecule has 14 nitrogen and oxygen atoms in total. The maximum Gasteiger partial charge on any atom is 0.339 e. The molecule has 2 atom stereocenters. The van der Waals surface area contributed by atoms with E-state index in [1.807, 2.05) is 0 Å². The molecule has 0 radical (unpaired) electrons. The first kappa shape index (κ1) is 41.6. The summed E-state index contributed by atoms with van der Waals surface area (Å²) >= 11 is 0. The highest BCUT2D eigenvalue weighted by Gasteiger charge is 2.26. The smallest absolute Gasteiger partial charge is 0.339 e. The third-order valence-electron chi connectivity index (χ3n) is 9.67. The van der Waals surface area contributed by atoms with Gasteiger partial charge in [0.1, 0.15) is 71.4 Å². The van der Waals surface area contributed by atoms with Crippen LogP contribution in [0.25, 0.3) is 0 Å². The summed E-state index contributed by atoms with van der Waals surface area (Å²) in [5.74, 6) is 1.73. The van der Waals surface area contributed by atoms with Crippen LogP contribution in [0.4, 0.5) is 0 Å². The second kappa shape index (κ2) is 19.9. The lowest BCUT2D eigenvalue weighted by Crippen LogP contribution is -2.14. The predicted molar refractivity (Wildman–Crippen MR) is 221 cm³/mol. The van der Waals surface area contributed by atoms with E-state index in [-0.39, 0.29) is 25.0 Å². The van der Waals surface area contributed by atoms with Crippen LogP contribution in [0.3, 0.4) is 0 Å². The average molecular weight is 843 g/mol. The lowest BCUT2D eigenvalue weighted by atomic mass is 10.1. The van der Waals surface area contributed by atoms with Gasteiger partial charge in [0.05, 0.1) is 26.4 Å². The quantitative estimate of drug-likeness (QED) is 0.0364. The maximum atomic E-state index is 12.8. The van der Waals surface area contributed by atoms with Crippen molar-refractivity contribution in [3.05, 3.63) is 144 Å². The number of hydrogen-bond donors (Lipinski definition) is 0. The lowest BCUT2D eigenvalue weighted by molar-refractivity contribution is -0.132. The van der Waals surface area contributed by atoms with Gasteiger partial charge in [-0.3, -0.25) is 0 Å². The Balaban J connectivity index is 0.666. The number of hydrogen-bond acceptors (Lipinski definition) is 14. The van der Waals surface area contributed by atoms with Crippen molar-refractivity contribution in [2.75, 3.05) is 39.6 Å². The van der Waals surface area contributed by atoms with Gasteiger partial charge >= 0.3 is 23.9 Å². The molecule has 318 valence electrons. The highest BCUT2D eigenvalue weighted by atomic mass is 16.6. The van der Waals surface area contributed by atoms with Crippen molar-refractivity contribution in [2.24, 2.45) is 0 Å². The Morgan fingerprint density at radius 3 is 0.887 bits per heavy atom. The van der Waals surface area contributed by atoms with E-state index < -0.39 is 23.9 Å². The van der Waals surface area contributed by atoms with Crippen LogP contribution in [0, 0.1) is 0 Å². The Kier molecular flexibility index (Phi) is 13.4. The van der Waals surface area contributed by atoms with Crippen LogP contribution in [0.5, 0.6) is 46.0 Å². The molecule has 4 aromatic rings. The van der Waals surface area contributed by atoms with Gasteiger partial charge in [0.15, 0.2) is 0 Å². The summed E-state index contributed by atoms with van der Waals surface area (Å²) in [6.45, 7) is 3.27. The van der Waals surface area contributed by atoms with Gasteiger partial charge in [-0.2, -0.15) is 0 Å². The molecule has 0 N–H and O–H groups in total. The number of benzene rings is 4. The van der Waals surface area contributed by atoms with E-state index in [1.54, 1.807) is 121 Å². The zero-order valence-corrected chi connectivity index (χ0v) is 33.5. The summed E-state index contributed by atoms with van der Waals surface area (Å²) in [6, 6.07) is 26.9. The van der Waals surface area contributed by atoms with Crippen molar-refractivity contribution in [1.82, 2.24) is 0 Å². The van der Waals surface area contributed by atoms with Crippen LogP contribution in [0.2, 0.25) is 0 Å². The second-order valence-electron chi connectivity index (χ2n) is 14.5. The Labute approximate surface area is 356 Å². The molecule has 0 aromatic heterocycles. The molecule has 2 heterocycles. The summed E-state index contributed by atoms with van der Waals surface area (Å²) < 4.78 is 55.0. The van der Waals surface area contributed by atoms with Crippen molar-refractivity contribution in [3.63, 3.8) is 0 Å². The Morgan fingerprint density at radius 1 is 0.387 bits per heavy atom. The topological polar surface area (TPSA) is 167 Å². The molecule has 2 fully saturated rings. The monoisotopic (exact) mass is 842 g/mol. The van der Waals surface area contributed by atoms with Crippen LogP contribution >= 0.6 is 0 Å². The summed E-state index contributed by atoms with van der Waals surface area (Å²) in [7, 11) is 0. The van der Waals surface area contributed by atoms with Gasteiger partial charge in [-0.15, -0.1) is 0 Å². The van der Waals surface area contributed by atoms with Crippen LogP contribution in [0.1, 0.15) is 25.7 Å². The molecule has 0 saturated carbocycles. The third kappa shape index (κ3) is 12.2. The SMILES string of the molecule is O=C(Oc1ccc(OCCCCOc2ccc(OC(=O)C3=CC=C(C(=O)Oc4ccc(OCC5CO5)cc4)C3)cc2)cc1)C1=CC=C(C(=O)Oc2ccc(OCC3CO3)cc2)C1. The molecule has 2 unspecified atom stereocenters. The number of allylic oxidation sites excluding steroid dienone is 4. The minimum absolute atomic E-state index is 0.0950. The van der Waals surface area contributed by atoms with Crippen molar-refractivity contribution >= 4 is 23.9 Å². The van der Waals surface area contributed by atoms with E-state index >= 15 is 0 Å². The number of unbranched alkanes of at least 4 members (excludes halogenated alkanes) is 1. The molecular formula is C48H42O14. The summed E-state index contributed by atoms with van der Waals surface area (Å²) in [4.78, 5) is 50.9. The number of carbonyl (C=O) groups is 4. The number of ether oxygens (including phenoxy) is 10. The highest BCUT2D eigenvalue weighted by Crippen LogP contribution is 2.28. The van der Waals surface area contributed by atoms with E-state index in [0.29, 0.717) is 108 Å². The molecule has 0 amide bonds. The molecule has 4 aromatic carbocycles. The van der Waals surface area contributed by atoms with Gasteiger partial charge in [0.2, 0.25) is 0 Å². The van der Waals surface area contributed by atoms with Crippen molar-refractivity contribution in [1.29, 1.82) is 0 Å². The standard InChI is InChI=1S/C48H42O14/c49-45(31-3-5-33(25-31)47(51)61-41-19-11-37(12-20-41)55-27-43-29-57-43)59-39-15-7-35(8-16-39)53-23-1-2-24-54-36-9-17-40(18-10-36)60-46(50)32-4-6-34(26-32)48(52)62-42-21-13-38(14-22-42)56-28-44-30-58-44/h3-22,43-44H,1-2,23-30H2. The van der Waals surface area contributed by atoms with Gasteiger partial charge in [0.25, 0.3) is 0 Å². The normalized spacial score (nSPS) is 17.0. The van der Waals surface area contributed by atoms with Gasteiger partial charge in [-0.05, 0) is 110 Å². The zero-order valence-electron chi connectivity index (χ0n) is 33.5. The first-order valence-electron chi connectivity index (χ1n) is 20.1. The highest BCUT2D eigenvalue weighted by molar-refractivity contribution is 6.00. The molecule has 0 bridgehead atoms. The summed E-state index contributed by atoms with van der Waals surface area (Å²) in [5, 5.41) is 0. The van der Waals surface area contributed by atoms with Crippen LogP contribution < -0.4 is 37.9 Å². The second-order valence-corrected chi connectivity index (χ2v) is 14.5. The van der Waals surface area contributed by atoms with E-state index in [2.05, 4.69) is 0 Å². The van der Waals surface area contributed by atoms with E-state index in [0.717, 1.165) is 12.8 Å². The van der Waals surface area contributed by atoms with Crippen molar-refractivity contribution < 1.29 is 66.5 Å². The first-order chi connectivity index (χ1) is 30.3. The molecule has 14 heteroatoms.